The van der Waals surface area contributed by atoms with E-state index in [0.29, 0.717) is 5.69 Å². The Hall–Kier alpha value is -3.57. The number of nitro benzene ring substituents is 2. The molecule has 0 amide bonds. The van der Waals surface area contributed by atoms with Crippen molar-refractivity contribution in [1.82, 2.24) is 5.12 Å². The number of anilines is 2. The van der Waals surface area contributed by atoms with Gasteiger partial charge in [0, 0.05) is 24.3 Å². The lowest BCUT2D eigenvalue weighted by molar-refractivity contribution is -0.385. The summed E-state index contributed by atoms with van der Waals surface area (Å²) in [5.74, 6) is 0. The Labute approximate surface area is 171 Å². The van der Waals surface area contributed by atoms with Crippen LogP contribution in [-0.2, 0) is 4.74 Å². The molecule has 2 aliphatic heterocycles. The van der Waals surface area contributed by atoms with Crippen LogP contribution in [0.4, 0.5) is 22.7 Å². The number of hydrazone groups is 1. The average molecular weight is 410 g/mol. The highest BCUT2D eigenvalue weighted by atomic mass is 16.6. The maximum Gasteiger partial charge on any atom is 0.269 e. The third-order valence-corrected chi connectivity index (χ3v) is 5.65. The Morgan fingerprint density at radius 1 is 0.900 bits per heavy atom. The predicted molar refractivity (Wildman–Crippen MR) is 108 cm³/mol. The standard InChI is InChI=1S/C19H18N6O5/c26-23(27)16-8-4-14(5-9-16)21-13-30-19-12-2-1-3-18(19)20-22(25(19)21)15-6-10-17(11-7-15)24(28)29/h4-11H,1-3,12-13H2. The van der Waals surface area contributed by atoms with Gasteiger partial charge in [0.15, 0.2) is 0 Å². The van der Waals surface area contributed by atoms with Gasteiger partial charge in [0.25, 0.3) is 11.4 Å². The summed E-state index contributed by atoms with van der Waals surface area (Å²) in [5.41, 5.74) is 1.61. The molecular weight excluding hydrogens is 392 g/mol. The van der Waals surface area contributed by atoms with Crippen LogP contribution in [0.1, 0.15) is 25.7 Å². The number of non-ortho nitro benzene ring substituents is 2. The Bertz CT molecular complexity index is 1040. The summed E-state index contributed by atoms with van der Waals surface area (Å²) in [5, 5.41) is 32.3. The molecule has 0 aromatic heterocycles. The number of hydrogen-bond acceptors (Lipinski definition) is 9. The van der Waals surface area contributed by atoms with E-state index in [-0.39, 0.29) is 18.1 Å². The maximum absolute atomic E-state index is 11.0. The lowest BCUT2D eigenvalue weighted by Gasteiger charge is -2.39. The molecule has 30 heavy (non-hydrogen) atoms. The van der Waals surface area contributed by atoms with Gasteiger partial charge in [-0.15, -0.1) is 0 Å². The van der Waals surface area contributed by atoms with Crippen LogP contribution in [0.2, 0.25) is 0 Å². The molecule has 1 saturated heterocycles. The lowest BCUT2D eigenvalue weighted by Crippen LogP contribution is -2.57. The van der Waals surface area contributed by atoms with Gasteiger partial charge in [-0.05, 0) is 49.9 Å². The van der Waals surface area contributed by atoms with Gasteiger partial charge in [0.1, 0.15) is 6.73 Å². The van der Waals surface area contributed by atoms with Crippen molar-refractivity contribution in [3.63, 3.8) is 0 Å². The van der Waals surface area contributed by atoms with Crippen molar-refractivity contribution in [2.45, 2.75) is 31.4 Å². The fourth-order valence-electron chi connectivity index (χ4n) is 4.19. The summed E-state index contributed by atoms with van der Waals surface area (Å²) in [7, 11) is 0. The molecule has 0 radical (unpaired) electrons. The highest BCUT2D eigenvalue weighted by Gasteiger charge is 2.59. The molecule has 11 heteroatoms. The Morgan fingerprint density at radius 2 is 1.50 bits per heavy atom. The molecule has 1 aliphatic carbocycles. The second-order valence-electron chi connectivity index (χ2n) is 7.34. The lowest BCUT2D eigenvalue weighted by atomic mass is 9.90. The zero-order valence-corrected chi connectivity index (χ0v) is 15.9. The summed E-state index contributed by atoms with van der Waals surface area (Å²) in [4.78, 5) is 21.1. The van der Waals surface area contributed by atoms with Crippen LogP contribution >= 0.6 is 0 Å². The maximum atomic E-state index is 11.0. The summed E-state index contributed by atoms with van der Waals surface area (Å²) in [6, 6.07) is 12.4. The minimum atomic E-state index is -0.707. The number of rotatable bonds is 4. The molecule has 1 saturated carbocycles. The first-order chi connectivity index (χ1) is 14.5. The number of hydrazine groups is 2. The summed E-state index contributed by atoms with van der Waals surface area (Å²) in [6.45, 7) is 0.264. The fraction of sp³-hybridized carbons (Fsp3) is 0.316. The van der Waals surface area contributed by atoms with Crippen LogP contribution in [0.5, 0.6) is 0 Å². The molecule has 154 valence electrons. The van der Waals surface area contributed by atoms with E-state index < -0.39 is 15.6 Å². The van der Waals surface area contributed by atoms with Crippen LogP contribution in [0.15, 0.2) is 53.6 Å². The summed E-state index contributed by atoms with van der Waals surface area (Å²) < 4.78 is 6.26. The van der Waals surface area contributed by atoms with E-state index in [0.717, 1.165) is 37.1 Å². The minimum absolute atomic E-state index is 0.00243. The van der Waals surface area contributed by atoms with Gasteiger partial charge in [-0.1, -0.05) is 5.12 Å². The molecule has 1 spiro atoms. The second kappa shape index (κ2) is 6.75. The highest BCUT2D eigenvalue weighted by molar-refractivity contribution is 5.96. The van der Waals surface area contributed by atoms with Crippen LogP contribution in [-0.4, -0.2) is 33.1 Å². The number of nitrogens with zero attached hydrogens (tertiary/aromatic N) is 6. The fourth-order valence-corrected chi connectivity index (χ4v) is 4.19. The Kier molecular flexibility index (Phi) is 4.15. The largest absolute Gasteiger partial charge is 0.329 e. The van der Waals surface area contributed by atoms with E-state index >= 15 is 0 Å². The molecule has 2 aromatic carbocycles. The highest BCUT2D eigenvalue weighted by Crippen LogP contribution is 2.46. The van der Waals surface area contributed by atoms with Gasteiger partial charge in [0.05, 0.1) is 26.9 Å². The number of ether oxygens (including phenoxy) is 1. The van der Waals surface area contributed by atoms with Crippen LogP contribution in [0.3, 0.4) is 0 Å². The molecule has 0 bridgehead atoms. The van der Waals surface area contributed by atoms with Gasteiger partial charge in [-0.2, -0.15) is 10.2 Å². The molecule has 2 aromatic rings. The zero-order valence-electron chi connectivity index (χ0n) is 15.9. The Balaban J connectivity index is 1.54. The molecule has 5 rings (SSSR count). The molecule has 2 heterocycles. The number of nitro groups is 2. The molecule has 11 nitrogen and oxygen atoms in total. The first-order valence-electron chi connectivity index (χ1n) is 9.58. The minimum Gasteiger partial charge on any atom is -0.329 e. The van der Waals surface area contributed by atoms with Gasteiger partial charge >= 0.3 is 0 Å². The van der Waals surface area contributed by atoms with Crippen molar-refractivity contribution in [2.75, 3.05) is 16.9 Å². The number of benzene rings is 2. The van der Waals surface area contributed by atoms with E-state index in [1.807, 2.05) is 10.1 Å². The molecule has 2 fully saturated rings. The van der Waals surface area contributed by atoms with Crippen LogP contribution < -0.4 is 10.1 Å². The summed E-state index contributed by atoms with van der Waals surface area (Å²) in [6.07, 6.45) is 3.56. The molecule has 1 unspecified atom stereocenters. The van der Waals surface area contributed by atoms with Gasteiger partial charge in [0.2, 0.25) is 5.72 Å². The van der Waals surface area contributed by atoms with Gasteiger partial charge in [-0.3, -0.25) is 25.2 Å². The average Bonchev–Trinajstić information content (AvgIpc) is 3.28. The third kappa shape index (κ3) is 2.70. The van der Waals surface area contributed by atoms with Crippen molar-refractivity contribution in [3.05, 3.63) is 68.8 Å². The molecule has 3 aliphatic rings. The first-order valence-corrected chi connectivity index (χ1v) is 9.58. The smallest absolute Gasteiger partial charge is 0.269 e. The summed E-state index contributed by atoms with van der Waals surface area (Å²) >= 11 is 0. The van der Waals surface area contributed by atoms with E-state index in [1.165, 1.54) is 24.3 Å². The van der Waals surface area contributed by atoms with E-state index in [1.54, 1.807) is 29.4 Å². The van der Waals surface area contributed by atoms with E-state index in [4.69, 9.17) is 9.84 Å². The van der Waals surface area contributed by atoms with Crippen molar-refractivity contribution >= 4 is 28.5 Å². The number of hydrogen-bond donors (Lipinski definition) is 0. The van der Waals surface area contributed by atoms with Crippen LogP contribution in [0.25, 0.3) is 0 Å². The molecule has 0 N–H and O–H groups in total. The quantitative estimate of drug-likeness (QED) is 0.554. The van der Waals surface area contributed by atoms with Crippen LogP contribution in [0, 0.1) is 20.2 Å². The predicted octanol–water partition coefficient (Wildman–Crippen LogP) is 3.58. The van der Waals surface area contributed by atoms with E-state index in [2.05, 4.69) is 0 Å². The van der Waals surface area contributed by atoms with Crippen molar-refractivity contribution in [3.8, 4) is 0 Å². The molecule has 1 atom stereocenters. The second-order valence-corrected chi connectivity index (χ2v) is 7.34. The zero-order chi connectivity index (χ0) is 20.9. The van der Waals surface area contributed by atoms with Crippen molar-refractivity contribution < 1.29 is 14.6 Å². The van der Waals surface area contributed by atoms with Crippen molar-refractivity contribution in [2.24, 2.45) is 5.10 Å². The Morgan fingerprint density at radius 3 is 2.10 bits per heavy atom. The van der Waals surface area contributed by atoms with Crippen molar-refractivity contribution in [1.29, 1.82) is 0 Å². The monoisotopic (exact) mass is 410 g/mol. The van der Waals surface area contributed by atoms with Gasteiger partial charge < -0.3 is 4.74 Å². The van der Waals surface area contributed by atoms with Gasteiger partial charge in [-0.25, -0.2) is 0 Å². The first kappa shape index (κ1) is 18.5. The topological polar surface area (TPSA) is 118 Å². The normalized spacial score (nSPS) is 23.1. The SMILES string of the molecule is O=[N+]([O-])c1ccc(N2COC34CCCCC3=NN(c3ccc([N+](=O)[O-])cc3)N24)cc1. The van der Waals surface area contributed by atoms with E-state index in [9.17, 15) is 20.2 Å². The third-order valence-electron chi connectivity index (χ3n) is 5.65. The molecular formula is C19H18N6O5.